The summed E-state index contributed by atoms with van der Waals surface area (Å²) in [5.41, 5.74) is 2.04. The zero-order valence-corrected chi connectivity index (χ0v) is 19.0. The second-order valence-electron chi connectivity index (χ2n) is 8.85. The van der Waals surface area contributed by atoms with E-state index in [9.17, 15) is 19.5 Å². The predicted octanol–water partition coefficient (Wildman–Crippen LogP) is 1.88. The van der Waals surface area contributed by atoms with Gasteiger partial charge in [0.25, 0.3) is 5.91 Å². The van der Waals surface area contributed by atoms with E-state index in [4.69, 9.17) is 4.74 Å². The fourth-order valence-electron chi connectivity index (χ4n) is 4.74. The Balaban J connectivity index is 1.37. The number of phenolic OH excluding ortho intramolecular Hbond substituents is 1. The summed E-state index contributed by atoms with van der Waals surface area (Å²) in [6.07, 6.45) is 6.55. The first-order valence-corrected chi connectivity index (χ1v) is 11.6. The van der Waals surface area contributed by atoms with Gasteiger partial charge in [0.05, 0.1) is 12.4 Å². The van der Waals surface area contributed by atoms with Crippen LogP contribution < -0.4 is 5.32 Å². The maximum Gasteiger partial charge on any atom is 0.251 e. The second-order valence-corrected chi connectivity index (χ2v) is 8.85. The van der Waals surface area contributed by atoms with Gasteiger partial charge in [0, 0.05) is 36.6 Å². The minimum atomic E-state index is -0.882. The number of Topliss-reactive ketones (excluding diaryl/α,β-unsaturated/α-hetero) is 1. The van der Waals surface area contributed by atoms with Gasteiger partial charge in [-0.1, -0.05) is 12.1 Å². The number of piperidine rings is 1. The molecule has 2 aliphatic heterocycles. The van der Waals surface area contributed by atoms with Crippen molar-refractivity contribution >= 4 is 17.6 Å². The highest BCUT2D eigenvalue weighted by atomic mass is 16.5. The van der Waals surface area contributed by atoms with Gasteiger partial charge in [0.15, 0.2) is 5.78 Å². The first-order chi connectivity index (χ1) is 17.0. The van der Waals surface area contributed by atoms with Crippen molar-refractivity contribution in [3.63, 3.8) is 0 Å². The van der Waals surface area contributed by atoms with Crippen LogP contribution in [0.4, 0.5) is 0 Å². The molecule has 2 saturated heterocycles. The molecular weight excluding hydrogens is 448 g/mol. The second kappa shape index (κ2) is 9.71. The maximum atomic E-state index is 13.7. The lowest BCUT2D eigenvalue weighted by molar-refractivity contribution is -0.142. The third-order valence-electron chi connectivity index (χ3n) is 6.54. The highest BCUT2D eigenvalue weighted by Gasteiger charge is 2.45. The number of hydrogen-bond acceptors (Lipinski definition) is 6. The molecule has 0 radical (unpaired) electrons. The third kappa shape index (κ3) is 4.81. The quantitative estimate of drug-likeness (QED) is 0.564. The normalized spacial score (nSPS) is 20.3. The van der Waals surface area contributed by atoms with Crippen LogP contribution in [0.25, 0.3) is 5.69 Å². The van der Waals surface area contributed by atoms with Gasteiger partial charge in [-0.2, -0.15) is 0 Å². The van der Waals surface area contributed by atoms with Crippen LogP contribution in [0.1, 0.15) is 28.8 Å². The first kappa shape index (κ1) is 22.8. The molecule has 9 nitrogen and oxygen atoms in total. The van der Waals surface area contributed by atoms with Crippen LogP contribution in [0.5, 0.6) is 5.75 Å². The van der Waals surface area contributed by atoms with E-state index in [1.807, 2.05) is 4.57 Å². The summed E-state index contributed by atoms with van der Waals surface area (Å²) in [6.45, 7) is 0.452. The molecule has 3 heterocycles. The maximum absolute atomic E-state index is 13.7. The minimum absolute atomic E-state index is 0.0113. The fraction of sp³-hybridized carbons (Fsp3) is 0.308. The van der Waals surface area contributed by atoms with Crippen LogP contribution in [0.3, 0.4) is 0 Å². The number of nitrogens with zero attached hydrogens (tertiary/aromatic N) is 3. The molecule has 5 rings (SSSR count). The lowest BCUT2D eigenvalue weighted by atomic mass is 9.95. The molecule has 2 aliphatic rings. The van der Waals surface area contributed by atoms with Crippen LogP contribution in [-0.2, 0) is 20.7 Å². The summed E-state index contributed by atoms with van der Waals surface area (Å²) in [5, 5.41) is 12.5. The van der Waals surface area contributed by atoms with Crippen LogP contribution in [0, 0.1) is 0 Å². The molecule has 3 unspecified atom stereocenters. The number of phenols is 1. The van der Waals surface area contributed by atoms with Crippen LogP contribution in [-0.4, -0.2) is 68.5 Å². The number of imidazole rings is 1. The number of ether oxygens (including phenoxy) is 1. The Morgan fingerprint density at radius 1 is 1.14 bits per heavy atom. The number of aromatic hydroxyl groups is 1. The third-order valence-corrected chi connectivity index (χ3v) is 6.54. The van der Waals surface area contributed by atoms with E-state index in [1.165, 1.54) is 0 Å². The number of hydrogen-bond donors (Lipinski definition) is 2. The van der Waals surface area contributed by atoms with Gasteiger partial charge in [-0.05, 0) is 54.8 Å². The van der Waals surface area contributed by atoms with Crippen LogP contribution >= 0.6 is 0 Å². The topological polar surface area (TPSA) is 114 Å². The number of rotatable bonds is 6. The SMILES string of the molecule is O=C(NC(Cc1ccc(O)cc1)C(=O)N1CCCC2OCC(=O)C21)c1ccc(-n2ccnc2)cc1. The monoisotopic (exact) mass is 474 g/mol. The van der Waals surface area contributed by atoms with Gasteiger partial charge in [-0.3, -0.25) is 14.4 Å². The summed E-state index contributed by atoms with van der Waals surface area (Å²) in [5.74, 6) is -0.684. The van der Waals surface area contributed by atoms with Crippen molar-refractivity contribution in [2.75, 3.05) is 13.2 Å². The largest absolute Gasteiger partial charge is 0.508 e. The smallest absolute Gasteiger partial charge is 0.251 e. The van der Waals surface area contributed by atoms with E-state index in [0.29, 0.717) is 12.1 Å². The molecule has 0 bridgehead atoms. The van der Waals surface area contributed by atoms with Crippen molar-refractivity contribution in [3.8, 4) is 11.4 Å². The molecule has 180 valence electrons. The molecule has 2 N–H and O–H groups in total. The number of benzene rings is 2. The van der Waals surface area contributed by atoms with Gasteiger partial charge in [0.2, 0.25) is 5.91 Å². The minimum Gasteiger partial charge on any atom is -0.508 e. The predicted molar refractivity (Wildman–Crippen MR) is 126 cm³/mol. The Morgan fingerprint density at radius 3 is 2.63 bits per heavy atom. The molecule has 0 aliphatic carbocycles. The lowest BCUT2D eigenvalue weighted by Gasteiger charge is -2.37. The average molecular weight is 475 g/mol. The van der Waals surface area contributed by atoms with E-state index in [-0.39, 0.29) is 42.5 Å². The van der Waals surface area contributed by atoms with E-state index in [0.717, 1.165) is 24.1 Å². The number of amides is 2. The standard InChI is InChI=1S/C26H26N4O5/c31-20-9-3-17(4-10-20)14-21(26(34)30-12-1-2-23-24(30)22(32)15-35-23)28-25(33)18-5-7-19(8-6-18)29-13-11-27-16-29/h3-11,13,16,21,23-24,31H,1-2,12,14-15H2,(H,28,33). The number of nitrogens with one attached hydrogen (secondary N) is 1. The molecule has 35 heavy (non-hydrogen) atoms. The summed E-state index contributed by atoms with van der Waals surface area (Å²) in [6, 6.07) is 12.0. The van der Waals surface area contributed by atoms with E-state index in [1.54, 1.807) is 72.2 Å². The molecule has 3 atom stereocenters. The van der Waals surface area contributed by atoms with Gasteiger partial charge in [-0.15, -0.1) is 0 Å². The van der Waals surface area contributed by atoms with Gasteiger partial charge in [0.1, 0.15) is 24.4 Å². The van der Waals surface area contributed by atoms with Crippen molar-refractivity contribution in [1.82, 2.24) is 19.8 Å². The van der Waals surface area contributed by atoms with Gasteiger partial charge < -0.3 is 24.6 Å². The first-order valence-electron chi connectivity index (χ1n) is 11.6. The van der Waals surface area contributed by atoms with E-state index >= 15 is 0 Å². The van der Waals surface area contributed by atoms with Crippen molar-refractivity contribution in [3.05, 3.63) is 78.4 Å². The van der Waals surface area contributed by atoms with Crippen molar-refractivity contribution in [2.45, 2.75) is 37.5 Å². The Labute approximate surface area is 202 Å². The molecule has 3 aromatic rings. The Morgan fingerprint density at radius 2 is 1.91 bits per heavy atom. The zero-order chi connectivity index (χ0) is 24.4. The van der Waals surface area contributed by atoms with Crippen LogP contribution in [0.2, 0.25) is 0 Å². The number of carbonyl (C=O) groups is 3. The number of fused-ring (bicyclic) bond motifs is 1. The molecular formula is C26H26N4O5. The molecule has 2 amide bonds. The lowest BCUT2D eigenvalue weighted by Crippen LogP contribution is -2.58. The molecule has 1 aromatic heterocycles. The van der Waals surface area contributed by atoms with Crippen molar-refractivity contribution in [2.24, 2.45) is 0 Å². The number of carbonyl (C=O) groups excluding carboxylic acids is 3. The Kier molecular flexibility index (Phi) is 6.33. The van der Waals surface area contributed by atoms with E-state index < -0.39 is 12.1 Å². The fourth-order valence-corrected chi connectivity index (χ4v) is 4.74. The van der Waals surface area contributed by atoms with Crippen LogP contribution in [0.15, 0.2) is 67.3 Å². The summed E-state index contributed by atoms with van der Waals surface area (Å²) >= 11 is 0. The number of likely N-dealkylation sites (tertiary alicyclic amines) is 1. The Bertz CT molecular complexity index is 1210. The summed E-state index contributed by atoms with van der Waals surface area (Å²) in [4.78, 5) is 44.9. The van der Waals surface area contributed by atoms with Crippen molar-refractivity contribution < 1.29 is 24.2 Å². The molecule has 2 fully saturated rings. The highest BCUT2D eigenvalue weighted by molar-refractivity contribution is 5.99. The molecule has 9 heteroatoms. The molecule has 2 aromatic carbocycles. The number of aromatic nitrogens is 2. The zero-order valence-electron chi connectivity index (χ0n) is 19.0. The summed E-state index contributed by atoms with van der Waals surface area (Å²) in [7, 11) is 0. The van der Waals surface area contributed by atoms with E-state index in [2.05, 4.69) is 10.3 Å². The van der Waals surface area contributed by atoms with Gasteiger partial charge in [-0.25, -0.2) is 4.98 Å². The van der Waals surface area contributed by atoms with Crippen molar-refractivity contribution in [1.29, 1.82) is 0 Å². The Hall–Kier alpha value is -3.98. The number of ketones is 1. The molecule has 0 saturated carbocycles. The average Bonchev–Trinajstić information content (AvgIpc) is 3.55. The molecule has 0 spiro atoms. The highest BCUT2D eigenvalue weighted by Crippen LogP contribution is 2.27. The van der Waals surface area contributed by atoms with Gasteiger partial charge >= 0.3 is 0 Å². The summed E-state index contributed by atoms with van der Waals surface area (Å²) < 4.78 is 7.41.